The molecule has 0 unspecified atom stereocenters. The fourth-order valence-electron chi connectivity index (χ4n) is 2.55. The van der Waals surface area contributed by atoms with Gasteiger partial charge in [0.25, 0.3) is 5.69 Å². The average Bonchev–Trinajstić information content (AvgIpc) is 3.09. The van der Waals surface area contributed by atoms with Crippen LogP contribution in [0.1, 0.15) is 11.4 Å². The van der Waals surface area contributed by atoms with E-state index >= 15 is 0 Å². The summed E-state index contributed by atoms with van der Waals surface area (Å²) in [6, 6.07) is 3.88. The van der Waals surface area contributed by atoms with Crippen molar-refractivity contribution in [2.75, 3.05) is 12.4 Å². The zero-order valence-electron chi connectivity index (χ0n) is 14.9. The molecule has 0 saturated heterocycles. The predicted octanol–water partition coefficient (Wildman–Crippen LogP) is 2.83. The van der Waals surface area contributed by atoms with Gasteiger partial charge >= 0.3 is 6.18 Å². The summed E-state index contributed by atoms with van der Waals surface area (Å²) in [6.07, 6.45) is -3.89. The van der Waals surface area contributed by atoms with E-state index in [1.54, 1.807) is 0 Å². The highest BCUT2D eigenvalue weighted by Gasteiger charge is 2.32. The Bertz CT molecular complexity index is 1250. The van der Waals surface area contributed by atoms with Crippen molar-refractivity contribution < 1.29 is 26.5 Å². The molecule has 0 saturated carbocycles. The molecular formula is C15H12ClF3N6O4S. The number of alkyl halides is 3. The third-order valence-corrected chi connectivity index (χ3v) is 5.73. The SMILES string of the molecule is CNS(=O)(=O)c1ccc(NCc2nnc3c(Cl)cc(C(F)(F)F)cn23)c([N+](=O)[O-])c1. The van der Waals surface area contributed by atoms with Crippen molar-refractivity contribution in [1.82, 2.24) is 19.3 Å². The smallest absolute Gasteiger partial charge is 0.372 e. The van der Waals surface area contributed by atoms with Crippen molar-refractivity contribution in [2.24, 2.45) is 0 Å². The molecule has 1 aromatic carbocycles. The molecule has 0 aliphatic heterocycles. The first kappa shape index (κ1) is 21.7. The highest BCUT2D eigenvalue weighted by Crippen LogP contribution is 2.32. The van der Waals surface area contributed by atoms with Crippen molar-refractivity contribution in [3.63, 3.8) is 0 Å². The van der Waals surface area contributed by atoms with Crippen LogP contribution in [0.5, 0.6) is 0 Å². The van der Waals surface area contributed by atoms with Crippen molar-refractivity contribution >= 4 is 38.6 Å². The van der Waals surface area contributed by atoms with Gasteiger partial charge in [0, 0.05) is 12.3 Å². The minimum Gasteiger partial charge on any atom is -0.372 e. The van der Waals surface area contributed by atoms with Crippen molar-refractivity contribution in [3.8, 4) is 0 Å². The topological polar surface area (TPSA) is 132 Å². The number of nitro benzene ring substituents is 1. The molecule has 30 heavy (non-hydrogen) atoms. The molecule has 0 atom stereocenters. The van der Waals surface area contributed by atoms with Crippen LogP contribution in [0.4, 0.5) is 24.5 Å². The molecule has 3 rings (SSSR count). The number of anilines is 1. The number of aromatic nitrogens is 3. The summed E-state index contributed by atoms with van der Waals surface area (Å²) in [5.41, 5.74) is -1.65. The molecule has 3 aromatic rings. The van der Waals surface area contributed by atoms with E-state index in [-0.39, 0.29) is 33.6 Å². The van der Waals surface area contributed by atoms with Gasteiger partial charge in [0.2, 0.25) is 10.0 Å². The maximum atomic E-state index is 13.0. The van der Waals surface area contributed by atoms with E-state index in [1.165, 1.54) is 6.07 Å². The summed E-state index contributed by atoms with van der Waals surface area (Å²) in [5.74, 6) is -0.000721. The van der Waals surface area contributed by atoms with Crippen LogP contribution in [-0.2, 0) is 22.7 Å². The summed E-state index contributed by atoms with van der Waals surface area (Å²) in [4.78, 5) is 10.2. The minimum atomic E-state index is -4.65. The lowest BCUT2D eigenvalue weighted by atomic mass is 10.2. The van der Waals surface area contributed by atoms with Gasteiger partial charge < -0.3 is 5.32 Å². The molecule has 0 spiro atoms. The van der Waals surface area contributed by atoms with E-state index in [0.29, 0.717) is 6.07 Å². The number of hydrogen-bond acceptors (Lipinski definition) is 7. The molecular weight excluding hydrogens is 453 g/mol. The van der Waals surface area contributed by atoms with Gasteiger partial charge in [-0.2, -0.15) is 13.2 Å². The van der Waals surface area contributed by atoms with Crippen LogP contribution in [0.15, 0.2) is 35.4 Å². The summed E-state index contributed by atoms with van der Waals surface area (Å²) >= 11 is 5.84. The lowest BCUT2D eigenvalue weighted by Crippen LogP contribution is -2.18. The fraction of sp³-hybridized carbons (Fsp3) is 0.200. The maximum Gasteiger partial charge on any atom is 0.417 e. The molecule has 2 aromatic heterocycles. The fourth-order valence-corrected chi connectivity index (χ4v) is 3.54. The van der Waals surface area contributed by atoms with Gasteiger partial charge in [-0.1, -0.05) is 11.6 Å². The number of fused-ring (bicyclic) bond motifs is 1. The zero-order valence-corrected chi connectivity index (χ0v) is 16.5. The van der Waals surface area contributed by atoms with E-state index in [9.17, 15) is 31.7 Å². The Balaban J connectivity index is 1.96. The lowest BCUT2D eigenvalue weighted by Gasteiger charge is -2.10. The lowest BCUT2D eigenvalue weighted by molar-refractivity contribution is -0.384. The van der Waals surface area contributed by atoms with E-state index in [1.807, 2.05) is 4.72 Å². The standard InChI is InChI=1S/C15H12ClF3N6O4S/c1-20-30(28,29)9-2-3-11(12(5-9)25(26)27)21-6-13-22-23-14-10(16)4-8(7-24(13)14)15(17,18)19/h2-5,7,20-21H,6H2,1H3. The number of nitrogens with zero attached hydrogens (tertiary/aromatic N) is 4. The molecule has 15 heteroatoms. The quantitative estimate of drug-likeness (QED) is 0.423. The second kappa shape index (κ2) is 7.70. The Morgan fingerprint density at radius 1 is 1.27 bits per heavy atom. The van der Waals surface area contributed by atoms with Gasteiger partial charge in [0.15, 0.2) is 11.5 Å². The number of benzene rings is 1. The Labute approximate surface area is 171 Å². The van der Waals surface area contributed by atoms with Gasteiger partial charge in [-0.05, 0) is 25.2 Å². The van der Waals surface area contributed by atoms with Gasteiger partial charge in [-0.3, -0.25) is 14.5 Å². The third kappa shape index (κ3) is 4.15. The maximum absolute atomic E-state index is 13.0. The first-order valence-corrected chi connectivity index (χ1v) is 9.86. The van der Waals surface area contributed by atoms with Crippen molar-refractivity contribution in [2.45, 2.75) is 17.6 Å². The van der Waals surface area contributed by atoms with Gasteiger partial charge in [-0.25, -0.2) is 13.1 Å². The molecule has 0 aliphatic carbocycles. The van der Waals surface area contributed by atoms with Crippen molar-refractivity contribution in [3.05, 3.63) is 57.0 Å². The Hall–Kier alpha value is -2.97. The monoisotopic (exact) mass is 464 g/mol. The summed E-state index contributed by atoms with van der Waals surface area (Å²) in [7, 11) is -2.75. The minimum absolute atomic E-state index is 0.000721. The Morgan fingerprint density at radius 2 is 1.97 bits per heavy atom. The highest BCUT2D eigenvalue weighted by atomic mass is 35.5. The average molecular weight is 465 g/mol. The summed E-state index contributed by atoms with van der Waals surface area (Å²) < 4.78 is 65.8. The summed E-state index contributed by atoms with van der Waals surface area (Å²) in [6.45, 7) is -0.252. The van der Waals surface area contributed by atoms with Crippen LogP contribution in [-0.4, -0.2) is 35.0 Å². The molecule has 2 heterocycles. The number of hydrogen-bond donors (Lipinski definition) is 2. The van der Waals surface area contributed by atoms with E-state index in [2.05, 4.69) is 15.5 Å². The molecule has 160 valence electrons. The van der Waals surface area contributed by atoms with E-state index < -0.39 is 32.4 Å². The molecule has 10 nitrogen and oxygen atoms in total. The number of halogens is 4. The van der Waals surface area contributed by atoms with Gasteiger partial charge in [0.05, 0.1) is 26.9 Å². The van der Waals surface area contributed by atoms with Crippen LogP contribution in [0.2, 0.25) is 5.02 Å². The molecule has 2 N–H and O–H groups in total. The normalized spacial score (nSPS) is 12.3. The van der Waals surface area contributed by atoms with Crippen LogP contribution in [0.25, 0.3) is 5.65 Å². The summed E-state index contributed by atoms with van der Waals surface area (Å²) in [5, 5.41) is 21.2. The van der Waals surface area contributed by atoms with Crippen LogP contribution >= 0.6 is 11.6 Å². The molecule has 0 amide bonds. The number of rotatable bonds is 6. The number of nitrogens with one attached hydrogen (secondary N) is 2. The number of pyridine rings is 1. The second-order valence-corrected chi connectivity index (χ2v) is 8.18. The third-order valence-electron chi connectivity index (χ3n) is 4.04. The van der Waals surface area contributed by atoms with Crippen LogP contribution < -0.4 is 10.0 Å². The second-order valence-electron chi connectivity index (χ2n) is 5.88. The Morgan fingerprint density at radius 3 is 2.57 bits per heavy atom. The molecule has 0 aliphatic rings. The van der Waals surface area contributed by atoms with Crippen LogP contribution in [0, 0.1) is 10.1 Å². The zero-order chi connectivity index (χ0) is 22.3. The first-order valence-electron chi connectivity index (χ1n) is 8.00. The molecule has 0 bridgehead atoms. The van der Waals surface area contributed by atoms with Crippen LogP contribution in [0.3, 0.4) is 0 Å². The predicted molar refractivity (Wildman–Crippen MR) is 99.7 cm³/mol. The Kier molecular flexibility index (Phi) is 5.58. The van der Waals surface area contributed by atoms with E-state index in [4.69, 9.17) is 11.6 Å². The van der Waals surface area contributed by atoms with Gasteiger partial charge in [0.1, 0.15) is 5.69 Å². The number of nitro groups is 1. The van der Waals surface area contributed by atoms with E-state index in [0.717, 1.165) is 29.8 Å². The number of sulfonamides is 1. The highest BCUT2D eigenvalue weighted by molar-refractivity contribution is 7.89. The first-order chi connectivity index (χ1) is 13.9. The van der Waals surface area contributed by atoms with Crippen molar-refractivity contribution in [1.29, 1.82) is 0 Å². The molecule has 0 radical (unpaired) electrons. The molecule has 0 fully saturated rings. The largest absolute Gasteiger partial charge is 0.417 e. The van der Waals surface area contributed by atoms with Gasteiger partial charge in [-0.15, -0.1) is 10.2 Å².